The van der Waals surface area contributed by atoms with Gasteiger partial charge < -0.3 is 34.2 Å². The van der Waals surface area contributed by atoms with Crippen molar-refractivity contribution >= 4 is 33.6 Å². The molecule has 0 aromatic heterocycles. The number of esters is 3. The molecule has 0 radical (unpaired) electrons. The van der Waals surface area contributed by atoms with Crippen LogP contribution in [0.5, 0.6) is 0 Å². The minimum atomic E-state index is -4.95. The van der Waals surface area contributed by atoms with Gasteiger partial charge in [-0.1, -0.05) is 371 Å². The van der Waals surface area contributed by atoms with Crippen molar-refractivity contribution in [2.75, 3.05) is 39.6 Å². The molecule has 0 heterocycles. The molecule has 117 heavy (non-hydrogen) atoms. The van der Waals surface area contributed by atoms with Gasteiger partial charge in [-0.2, -0.15) is 0 Å². The van der Waals surface area contributed by atoms with E-state index in [1.165, 1.54) is 141 Å². The fourth-order valence-electron chi connectivity index (χ4n) is 12.4. The van der Waals surface area contributed by atoms with Gasteiger partial charge in [0, 0.05) is 19.3 Å². The first-order chi connectivity index (χ1) is 57.2. The van der Waals surface area contributed by atoms with E-state index < -0.39 is 91.5 Å². The highest BCUT2D eigenvalue weighted by Gasteiger charge is 2.29. The minimum Gasteiger partial charge on any atom is -0.463 e. The second-order valence-electron chi connectivity index (χ2n) is 30.7. The number of ether oxygens (including phenoxy) is 3. The SMILES string of the molecule is CC/C=C\C/C=C\C/C=C\C/C=C\C/C=C\C/C=C\CCCCCCCCCCCCCCC(=O)OCC(O)COP(=O)(O)OCC(O)COP(=O)(O)OCC(COC(=O)CCCCCCCCCCCCC/C=C\C/C=C\C/C=C\C/C=C\CCCCC)OC(=O)CCCCCCCCC/C=C\C/C=C\C/C=C\C/C=C\CCCCC. The zero-order valence-electron chi connectivity index (χ0n) is 73.8. The van der Waals surface area contributed by atoms with E-state index >= 15 is 0 Å². The molecule has 0 amide bonds. The maximum atomic E-state index is 13.1. The molecule has 670 valence electrons. The molecule has 0 saturated carbocycles. The zero-order valence-corrected chi connectivity index (χ0v) is 75.6. The molecular weight excluding hydrogens is 1510 g/mol. The van der Waals surface area contributed by atoms with Gasteiger partial charge in [0.15, 0.2) is 6.10 Å². The van der Waals surface area contributed by atoms with Crippen molar-refractivity contribution in [2.45, 2.75) is 399 Å². The maximum Gasteiger partial charge on any atom is 0.472 e. The number of phosphoric ester groups is 2. The van der Waals surface area contributed by atoms with E-state index in [0.29, 0.717) is 19.3 Å². The van der Waals surface area contributed by atoms with Crippen LogP contribution in [0.1, 0.15) is 380 Å². The Labute approximate surface area is 713 Å². The first-order valence-corrected chi connectivity index (χ1v) is 49.4. The first-order valence-electron chi connectivity index (χ1n) is 46.4. The predicted molar refractivity (Wildman–Crippen MR) is 491 cm³/mol. The quantitative estimate of drug-likeness (QED) is 0.0146. The van der Waals surface area contributed by atoms with E-state index in [1.807, 2.05) is 0 Å². The fraction of sp³-hybridized carbons (Fsp3) is 0.687. The molecule has 5 unspecified atom stereocenters. The first kappa shape index (κ1) is 112. The summed E-state index contributed by atoms with van der Waals surface area (Å²) in [5.74, 6) is -1.59. The summed E-state index contributed by atoms with van der Waals surface area (Å²) >= 11 is 0. The van der Waals surface area contributed by atoms with Crippen LogP contribution in [0.2, 0.25) is 0 Å². The van der Waals surface area contributed by atoms with Crippen molar-refractivity contribution in [3.05, 3.63) is 170 Å². The number of hydrogen-bond donors (Lipinski definition) is 4. The molecule has 0 aliphatic rings. The highest BCUT2D eigenvalue weighted by molar-refractivity contribution is 7.47. The summed E-state index contributed by atoms with van der Waals surface area (Å²) in [6, 6.07) is 0. The average Bonchev–Trinajstić information content (AvgIpc) is 0.901. The van der Waals surface area contributed by atoms with Crippen LogP contribution in [0.15, 0.2) is 170 Å². The molecule has 5 atom stereocenters. The molecule has 0 aliphatic carbocycles. The summed E-state index contributed by atoms with van der Waals surface area (Å²) in [6.07, 6.45) is 117. The van der Waals surface area contributed by atoms with E-state index in [9.17, 15) is 43.5 Å². The fourth-order valence-corrected chi connectivity index (χ4v) is 14.0. The summed E-state index contributed by atoms with van der Waals surface area (Å²) in [6.45, 7) is 2.53. The van der Waals surface area contributed by atoms with Crippen molar-refractivity contribution in [2.24, 2.45) is 0 Å². The summed E-state index contributed by atoms with van der Waals surface area (Å²) in [4.78, 5) is 59.0. The van der Waals surface area contributed by atoms with Gasteiger partial charge in [-0.05, 0) is 161 Å². The number of allylic oxidation sites excluding steroid dienone is 28. The lowest BCUT2D eigenvalue weighted by molar-refractivity contribution is -0.161. The van der Waals surface area contributed by atoms with Crippen LogP contribution >= 0.6 is 15.6 Å². The third-order valence-electron chi connectivity index (χ3n) is 19.4. The third-order valence-corrected chi connectivity index (χ3v) is 21.3. The summed E-state index contributed by atoms with van der Waals surface area (Å²) < 4.78 is 61.5. The van der Waals surface area contributed by atoms with Gasteiger partial charge >= 0.3 is 33.6 Å². The Morgan fingerprint density at radius 2 is 0.453 bits per heavy atom. The molecule has 0 saturated heterocycles. The molecule has 4 N–H and O–H groups in total. The molecule has 0 rings (SSSR count). The van der Waals surface area contributed by atoms with Crippen molar-refractivity contribution < 1.29 is 75.8 Å². The normalized spacial score (nSPS) is 14.6. The largest absolute Gasteiger partial charge is 0.472 e. The molecule has 0 aromatic carbocycles. The number of unbranched alkanes of at least 4 members (excludes halogenated alkanes) is 36. The third kappa shape index (κ3) is 91.5. The molecule has 0 spiro atoms. The van der Waals surface area contributed by atoms with Gasteiger partial charge in [0.1, 0.15) is 25.4 Å². The summed E-state index contributed by atoms with van der Waals surface area (Å²) in [7, 11) is -9.82. The lowest BCUT2D eigenvalue weighted by Crippen LogP contribution is -2.30. The number of carbonyl (C=O) groups is 3. The van der Waals surface area contributed by atoms with Crippen LogP contribution in [0.3, 0.4) is 0 Å². The highest BCUT2D eigenvalue weighted by atomic mass is 31.2. The summed E-state index contributed by atoms with van der Waals surface area (Å²) in [5.41, 5.74) is 0. The van der Waals surface area contributed by atoms with Crippen LogP contribution < -0.4 is 0 Å². The molecule has 0 aliphatic heterocycles. The van der Waals surface area contributed by atoms with Gasteiger partial charge in [-0.15, -0.1) is 0 Å². The van der Waals surface area contributed by atoms with Crippen LogP contribution in [0, 0.1) is 0 Å². The monoisotopic (exact) mass is 1680 g/mol. The molecule has 0 bridgehead atoms. The smallest absolute Gasteiger partial charge is 0.463 e. The van der Waals surface area contributed by atoms with Crippen LogP contribution in [0.25, 0.3) is 0 Å². The van der Waals surface area contributed by atoms with Crippen molar-refractivity contribution in [3.8, 4) is 0 Å². The van der Waals surface area contributed by atoms with E-state index in [4.69, 9.17) is 32.3 Å². The van der Waals surface area contributed by atoms with Gasteiger partial charge in [0.2, 0.25) is 0 Å². The Balaban J connectivity index is 4.64. The zero-order chi connectivity index (χ0) is 85.1. The second-order valence-corrected chi connectivity index (χ2v) is 33.6. The van der Waals surface area contributed by atoms with Crippen molar-refractivity contribution in [3.63, 3.8) is 0 Å². The molecule has 0 fully saturated rings. The van der Waals surface area contributed by atoms with E-state index in [0.717, 1.165) is 180 Å². The number of phosphoric acid groups is 2. The number of aliphatic hydroxyl groups excluding tert-OH is 2. The van der Waals surface area contributed by atoms with Gasteiger partial charge in [0.25, 0.3) is 0 Å². The number of carbonyl (C=O) groups excluding carboxylic acids is 3. The number of hydrogen-bond acceptors (Lipinski definition) is 14. The van der Waals surface area contributed by atoms with Crippen LogP contribution in [-0.4, -0.2) is 95.9 Å². The Bertz CT molecular complexity index is 2810. The molecule has 18 heteroatoms. The molecular formula is C99H168O16P2. The van der Waals surface area contributed by atoms with Gasteiger partial charge in [0.05, 0.1) is 26.4 Å². The lowest BCUT2D eigenvalue weighted by atomic mass is 10.0. The minimum absolute atomic E-state index is 0.0877. The van der Waals surface area contributed by atoms with E-state index in [-0.39, 0.29) is 19.3 Å². The Hall–Kier alpha value is -5.09. The molecule has 16 nitrogen and oxygen atoms in total. The van der Waals surface area contributed by atoms with Crippen LogP contribution in [-0.2, 0) is 55.8 Å². The van der Waals surface area contributed by atoms with E-state index in [2.05, 4.69) is 191 Å². The van der Waals surface area contributed by atoms with Gasteiger partial charge in [-0.3, -0.25) is 32.5 Å². The van der Waals surface area contributed by atoms with Crippen molar-refractivity contribution in [1.29, 1.82) is 0 Å². The average molecular weight is 1680 g/mol. The van der Waals surface area contributed by atoms with E-state index in [1.54, 1.807) is 0 Å². The number of aliphatic hydroxyl groups is 2. The Morgan fingerprint density at radius 3 is 0.718 bits per heavy atom. The Kier molecular flexibility index (Phi) is 86.2. The molecule has 0 aromatic rings. The highest BCUT2D eigenvalue weighted by Crippen LogP contribution is 2.45. The maximum absolute atomic E-state index is 13.1. The standard InChI is InChI=1S/C99H168O16P2/c1-4-7-10-13-16-19-22-25-28-31-34-37-40-42-44-45-46-47-49-51-53-55-58-61-64-67-70-73-76-79-82-85-97(102)109-88-94(100)89-111-116(105,106)112-90-95(101)91-113-117(107,108)114-93-96(115-99(104)87-84-81-78-75-72-69-66-63-60-57-52-39-36-33-30-27-24-21-18-15-12-9-6-3)92-110-98(103)86-83-80-77-74-71-68-65-62-59-56-54-50-48-43-41-38-35-32-29-26-23-20-17-14-11-8-5-2/h7,10,16-21,25-30,34-39,42-44,46-48,57,60,94-96,100-101H,4-6,8-9,11-15,22-24,31-33,40-41,45,49-56,58-59,61-93H2,1-3H3,(H,105,106)(H,107,108)/b10-7-,19-16-,20-17-,21-18-,28-25-,29-26-,30-27-,37-34-,38-35-,39-36-,44-42-,47-46-,48-43-,60-57-. The lowest BCUT2D eigenvalue weighted by Gasteiger charge is -2.21. The topological polar surface area (TPSA) is 231 Å². The van der Waals surface area contributed by atoms with Crippen LogP contribution in [0.4, 0.5) is 0 Å². The Morgan fingerprint density at radius 1 is 0.248 bits per heavy atom. The second kappa shape index (κ2) is 90.2. The number of rotatable bonds is 87. The van der Waals surface area contributed by atoms with Crippen molar-refractivity contribution in [1.82, 2.24) is 0 Å². The predicted octanol–water partition coefficient (Wildman–Crippen LogP) is 28.7. The van der Waals surface area contributed by atoms with Gasteiger partial charge in [-0.25, -0.2) is 9.13 Å². The summed E-state index contributed by atoms with van der Waals surface area (Å²) in [5, 5.41) is 20.7.